The van der Waals surface area contributed by atoms with Gasteiger partial charge in [0.1, 0.15) is 0 Å². The van der Waals surface area contributed by atoms with Crippen LogP contribution < -0.4 is 5.32 Å². The highest BCUT2D eigenvalue weighted by molar-refractivity contribution is 5.95. The maximum atomic E-state index is 12.8. The average molecular weight is 323 g/mol. The number of fused-ring (bicyclic) bond motifs is 1. The Morgan fingerprint density at radius 3 is 2.83 bits per heavy atom. The van der Waals surface area contributed by atoms with Gasteiger partial charge in [-0.25, -0.2) is 4.68 Å². The summed E-state index contributed by atoms with van der Waals surface area (Å²) in [4.78, 5) is 12.4. The summed E-state index contributed by atoms with van der Waals surface area (Å²) in [6.45, 7) is 0.627. The van der Waals surface area contributed by atoms with E-state index in [1.54, 1.807) is 18.2 Å². The molecule has 0 radical (unpaired) electrons. The van der Waals surface area contributed by atoms with Gasteiger partial charge in [0.15, 0.2) is 0 Å². The van der Waals surface area contributed by atoms with E-state index in [1.165, 1.54) is 6.20 Å². The third kappa shape index (κ3) is 3.34. The van der Waals surface area contributed by atoms with Crippen molar-refractivity contribution < 1.29 is 18.3 Å². The van der Waals surface area contributed by atoms with Crippen LogP contribution in [-0.4, -0.2) is 28.9 Å². The monoisotopic (exact) mass is 323 g/mol. The zero-order chi connectivity index (χ0) is 16.4. The van der Waals surface area contributed by atoms with Crippen LogP contribution in [0.4, 0.5) is 14.5 Å². The van der Waals surface area contributed by atoms with Crippen molar-refractivity contribution >= 4 is 22.5 Å². The molecular weight excluding hydrogens is 304 g/mol. The normalized spacial score (nSPS) is 17.6. The smallest absolute Gasteiger partial charge is 0.333 e. The Hall–Kier alpha value is -2.02. The third-order valence-corrected chi connectivity index (χ3v) is 4.43. The zero-order valence-electron chi connectivity index (χ0n) is 12.8. The zero-order valence-corrected chi connectivity index (χ0v) is 12.8. The van der Waals surface area contributed by atoms with Gasteiger partial charge in [0, 0.05) is 30.2 Å². The average Bonchev–Trinajstić information content (AvgIpc) is 2.98. The first-order valence-electron chi connectivity index (χ1n) is 7.70. The van der Waals surface area contributed by atoms with Crippen LogP contribution in [0.15, 0.2) is 24.4 Å². The number of carbonyl (C=O) groups excluding carboxylic acids is 1. The highest BCUT2D eigenvalue weighted by Gasteiger charge is 2.26. The van der Waals surface area contributed by atoms with Gasteiger partial charge < -0.3 is 10.1 Å². The number of carbonyl (C=O) groups is 1. The Kier molecular flexibility index (Phi) is 4.56. The number of benzene rings is 1. The number of amides is 1. The van der Waals surface area contributed by atoms with E-state index < -0.39 is 6.55 Å². The summed E-state index contributed by atoms with van der Waals surface area (Å²) in [5.74, 6) is 0.143. The van der Waals surface area contributed by atoms with Crippen molar-refractivity contribution in [2.45, 2.75) is 26.3 Å². The number of anilines is 1. The first-order chi connectivity index (χ1) is 11.1. The van der Waals surface area contributed by atoms with Crippen LogP contribution >= 0.6 is 0 Å². The summed E-state index contributed by atoms with van der Waals surface area (Å²) in [6, 6.07) is 4.83. The lowest BCUT2D eigenvalue weighted by Crippen LogP contribution is -2.30. The summed E-state index contributed by atoms with van der Waals surface area (Å²) in [5, 5.41) is 7.10. The molecule has 0 saturated carbocycles. The molecule has 0 aliphatic carbocycles. The van der Waals surface area contributed by atoms with Crippen molar-refractivity contribution in [3.8, 4) is 0 Å². The SMILES string of the molecule is C[C@H](C(=O)Nc1ccc2c(cnn2C(F)F)c1)C1CCOCC1. The highest BCUT2D eigenvalue weighted by atomic mass is 19.3. The number of hydrogen-bond donors (Lipinski definition) is 1. The lowest BCUT2D eigenvalue weighted by Gasteiger charge is -2.26. The predicted octanol–water partition coefficient (Wildman–Crippen LogP) is 3.43. The standard InChI is InChI=1S/C16H19F2N3O2/c1-10(11-4-6-23-7-5-11)15(22)20-13-2-3-14-12(8-13)9-19-21(14)16(17)18/h2-3,8-11,16H,4-7H2,1H3,(H,20,22)/t10-/m0/s1. The molecule has 5 nitrogen and oxygen atoms in total. The lowest BCUT2D eigenvalue weighted by molar-refractivity contribution is -0.122. The second-order valence-corrected chi connectivity index (χ2v) is 5.87. The fraction of sp³-hybridized carbons (Fsp3) is 0.500. The van der Waals surface area contributed by atoms with Crippen molar-refractivity contribution in [1.82, 2.24) is 9.78 Å². The summed E-state index contributed by atoms with van der Waals surface area (Å²) < 4.78 is 31.5. The van der Waals surface area contributed by atoms with E-state index in [2.05, 4.69) is 10.4 Å². The number of nitrogens with one attached hydrogen (secondary N) is 1. The number of hydrogen-bond acceptors (Lipinski definition) is 3. The molecule has 2 aromatic rings. The Bertz CT molecular complexity index is 696. The van der Waals surface area contributed by atoms with Gasteiger partial charge in [0.25, 0.3) is 0 Å². The first-order valence-corrected chi connectivity index (χ1v) is 7.70. The molecule has 0 bridgehead atoms. The molecule has 2 heterocycles. The molecule has 23 heavy (non-hydrogen) atoms. The molecule has 1 atom stereocenters. The van der Waals surface area contributed by atoms with Gasteiger partial charge >= 0.3 is 6.55 Å². The number of alkyl halides is 2. The van der Waals surface area contributed by atoms with Crippen LogP contribution in [0, 0.1) is 11.8 Å². The van der Waals surface area contributed by atoms with Gasteiger partial charge in [-0.1, -0.05) is 6.92 Å². The molecule has 0 spiro atoms. The maximum absolute atomic E-state index is 12.8. The fourth-order valence-electron chi connectivity index (χ4n) is 2.97. The third-order valence-electron chi connectivity index (χ3n) is 4.43. The molecule has 1 N–H and O–H groups in total. The van der Waals surface area contributed by atoms with Crippen molar-refractivity contribution in [1.29, 1.82) is 0 Å². The molecule has 7 heteroatoms. The van der Waals surface area contributed by atoms with Crippen molar-refractivity contribution in [3.63, 3.8) is 0 Å². The maximum Gasteiger partial charge on any atom is 0.333 e. The number of nitrogens with zero attached hydrogens (tertiary/aromatic N) is 2. The lowest BCUT2D eigenvalue weighted by atomic mass is 9.87. The Labute approximate surface area is 132 Å². The largest absolute Gasteiger partial charge is 0.381 e. The molecule has 1 aromatic heterocycles. The predicted molar refractivity (Wildman–Crippen MR) is 82.3 cm³/mol. The molecule has 1 saturated heterocycles. The van der Waals surface area contributed by atoms with Crippen LogP contribution in [0.2, 0.25) is 0 Å². The van der Waals surface area contributed by atoms with Crippen LogP contribution in [0.3, 0.4) is 0 Å². The van der Waals surface area contributed by atoms with Crippen molar-refractivity contribution in [3.05, 3.63) is 24.4 Å². The molecule has 1 aliphatic rings. The highest BCUT2D eigenvalue weighted by Crippen LogP contribution is 2.26. The molecule has 1 amide bonds. The number of ether oxygens (including phenoxy) is 1. The fourth-order valence-corrected chi connectivity index (χ4v) is 2.97. The van der Waals surface area contributed by atoms with E-state index in [9.17, 15) is 13.6 Å². The second-order valence-electron chi connectivity index (χ2n) is 5.87. The Morgan fingerprint density at radius 1 is 1.39 bits per heavy atom. The molecule has 1 fully saturated rings. The minimum atomic E-state index is -2.68. The van der Waals surface area contributed by atoms with E-state index in [-0.39, 0.29) is 11.8 Å². The van der Waals surface area contributed by atoms with Crippen LogP contribution in [0.25, 0.3) is 10.9 Å². The van der Waals surface area contributed by atoms with Crippen LogP contribution in [0.5, 0.6) is 0 Å². The quantitative estimate of drug-likeness (QED) is 0.938. The van der Waals surface area contributed by atoms with E-state index >= 15 is 0 Å². The van der Waals surface area contributed by atoms with Gasteiger partial charge in [-0.2, -0.15) is 13.9 Å². The first kappa shape index (κ1) is 15.9. The van der Waals surface area contributed by atoms with E-state index in [4.69, 9.17) is 4.74 Å². The van der Waals surface area contributed by atoms with Gasteiger partial charge in [0.05, 0.1) is 11.7 Å². The van der Waals surface area contributed by atoms with Crippen LogP contribution in [-0.2, 0) is 9.53 Å². The number of aromatic nitrogens is 2. The number of rotatable bonds is 4. The van der Waals surface area contributed by atoms with E-state index in [0.717, 1.165) is 12.8 Å². The van der Waals surface area contributed by atoms with E-state index in [0.29, 0.717) is 40.4 Å². The topological polar surface area (TPSA) is 56.2 Å². The molecule has 1 aromatic carbocycles. The van der Waals surface area contributed by atoms with Gasteiger partial charge in [-0.15, -0.1) is 0 Å². The summed E-state index contributed by atoms with van der Waals surface area (Å²) in [6.07, 6.45) is 3.14. The Morgan fingerprint density at radius 2 is 2.13 bits per heavy atom. The summed E-state index contributed by atoms with van der Waals surface area (Å²) in [7, 11) is 0. The van der Waals surface area contributed by atoms with Gasteiger partial charge in [-0.05, 0) is 37.0 Å². The van der Waals surface area contributed by atoms with Gasteiger partial charge in [0.2, 0.25) is 5.91 Å². The molecule has 1 aliphatic heterocycles. The molecule has 3 rings (SSSR count). The van der Waals surface area contributed by atoms with Crippen molar-refractivity contribution in [2.75, 3.05) is 18.5 Å². The second kappa shape index (κ2) is 6.62. The summed E-state index contributed by atoms with van der Waals surface area (Å²) >= 11 is 0. The number of halogens is 2. The summed E-state index contributed by atoms with van der Waals surface area (Å²) in [5.41, 5.74) is 0.936. The van der Waals surface area contributed by atoms with Gasteiger partial charge in [-0.3, -0.25) is 4.79 Å². The van der Waals surface area contributed by atoms with E-state index in [1.807, 2.05) is 6.92 Å². The van der Waals surface area contributed by atoms with Crippen molar-refractivity contribution in [2.24, 2.45) is 11.8 Å². The Balaban J connectivity index is 1.72. The minimum absolute atomic E-state index is 0.0579. The molecule has 124 valence electrons. The minimum Gasteiger partial charge on any atom is -0.381 e. The molecular formula is C16H19F2N3O2. The van der Waals surface area contributed by atoms with Crippen LogP contribution in [0.1, 0.15) is 26.3 Å². The molecule has 0 unspecified atom stereocenters.